The fourth-order valence-corrected chi connectivity index (χ4v) is 1.54. The molecule has 0 amide bonds. The Morgan fingerprint density at radius 2 is 2.22 bits per heavy atom. The van der Waals surface area contributed by atoms with Gasteiger partial charge in [0.05, 0.1) is 12.1 Å². The number of oxime groups is 1. The Kier molecular flexibility index (Phi) is 5.75. The van der Waals surface area contributed by atoms with E-state index >= 15 is 0 Å². The molecule has 4 nitrogen and oxygen atoms in total. The van der Waals surface area contributed by atoms with Crippen molar-refractivity contribution in [3.05, 3.63) is 34.9 Å². The first-order valence-corrected chi connectivity index (χ1v) is 5.50. The van der Waals surface area contributed by atoms with Crippen LogP contribution in [0, 0.1) is 12.3 Å². The van der Waals surface area contributed by atoms with Crippen LogP contribution in [-0.2, 0) is 14.4 Å². The number of rotatable bonds is 5. The number of benzene rings is 1. The van der Waals surface area contributed by atoms with Crippen molar-refractivity contribution < 1.29 is 14.4 Å². The Morgan fingerprint density at radius 1 is 1.50 bits per heavy atom. The molecule has 0 N–H and O–H groups in total. The van der Waals surface area contributed by atoms with Gasteiger partial charge in [-0.25, -0.2) is 0 Å². The average molecular weight is 266 g/mol. The Bertz CT molecular complexity index is 491. The van der Waals surface area contributed by atoms with E-state index in [9.17, 15) is 4.79 Å². The number of halogens is 1. The highest BCUT2D eigenvalue weighted by molar-refractivity contribution is 6.34. The number of ether oxygens (including phenoxy) is 1. The number of esters is 1. The zero-order valence-electron chi connectivity index (χ0n) is 9.85. The van der Waals surface area contributed by atoms with Crippen molar-refractivity contribution in [1.29, 1.82) is 0 Å². The van der Waals surface area contributed by atoms with Crippen LogP contribution in [-0.4, -0.2) is 25.4 Å². The number of hydrogen-bond acceptors (Lipinski definition) is 4. The molecule has 0 saturated heterocycles. The highest BCUT2D eigenvalue weighted by atomic mass is 35.5. The predicted molar refractivity (Wildman–Crippen MR) is 69.4 cm³/mol. The van der Waals surface area contributed by atoms with Gasteiger partial charge in [-0.1, -0.05) is 40.9 Å². The van der Waals surface area contributed by atoms with Crippen molar-refractivity contribution in [2.45, 2.75) is 6.42 Å². The minimum Gasteiger partial charge on any atom is -0.452 e. The topological polar surface area (TPSA) is 47.9 Å². The molecule has 0 aliphatic heterocycles. The van der Waals surface area contributed by atoms with Gasteiger partial charge in [-0.15, -0.1) is 6.42 Å². The summed E-state index contributed by atoms with van der Waals surface area (Å²) in [5.41, 5.74) is 1.02. The molecule has 0 unspecified atom stereocenters. The summed E-state index contributed by atoms with van der Waals surface area (Å²) in [5, 5.41) is 4.27. The summed E-state index contributed by atoms with van der Waals surface area (Å²) < 4.78 is 4.77. The number of nitrogens with zero attached hydrogens (tertiary/aromatic N) is 1. The van der Waals surface area contributed by atoms with Crippen molar-refractivity contribution in [1.82, 2.24) is 0 Å². The Morgan fingerprint density at radius 3 is 2.83 bits per heavy atom. The second kappa shape index (κ2) is 7.36. The van der Waals surface area contributed by atoms with E-state index < -0.39 is 5.97 Å². The van der Waals surface area contributed by atoms with E-state index in [-0.39, 0.29) is 13.0 Å². The predicted octanol–water partition coefficient (Wildman–Crippen LogP) is 2.26. The largest absolute Gasteiger partial charge is 0.452 e. The van der Waals surface area contributed by atoms with Crippen LogP contribution in [0.5, 0.6) is 0 Å². The highest BCUT2D eigenvalue weighted by Gasteiger charge is 2.14. The van der Waals surface area contributed by atoms with Gasteiger partial charge in [-0.3, -0.25) is 4.79 Å². The lowest BCUT2D eigenvalue weighted by Gasteiger charge is -2.07. The second-order valence-corrected chi connectivity index (χ2v) is 3.65. The van der Waals surface area contributed by atoms with Gasteiger partial charge >= 0.3 is 5.97 Å². The molecular weight excluding hydrogens is 254 g/mol. The third kappa shape index (κ3) is 4.11. The van der Waals surface area contributed by atoms with Crippen LogP contribution in [0.2, 0.25) is 5.02 Å². The summed E-state index contributed by atoms with van der Waals surface area (Å²) in [6.45, 7) is -0.0678. The zero-order valence-corrected chi connectivity index (χ0v) is 10.6. The van der Waals surface area contributed by atoms with E-state index in [0.29, 0.717) is 16.3 Å². The summed E-state index contributed by atoms with van der Waals surface area (Å²) >= 11 is 6.02. The highest BCUT2D eigenvalue weighted by Crippen LogP contribution is 2.17. The maximum atomic E-state index is 11.5. The molecule has 94 valence electrons. The number of terminal acetylenes is 1. The van der Waals surface area contributed by atoms with Crippen LogP contribution in [0.4, 0.5) is 0 Å². The first-order valence-electron chi connectivity index (χ1n) is 5.13. The van der Waals surface area contributed by atoms with Gasteiger partial charge in [0.25, 0.3) is 0 Å². The summed E-state index contributed by atoms with van der Waals surface area (Å²) in [5.74, 6) is 1.73. The second-order valence-electron chi connectivity index (χ2n) is 3.24. The van der Waals surface area contributed by atoms with Crippen LogP contribution >= 0.6 is 11.6 Å². The number of hydrogen-bond donors (Lipinski definition) is 0. The van der Waals surface area contributed by atoms with E-state index in [4.69, 9.17) is 27.6 Å². The molecule has 18 heavy (non-hydrogen) atoms. The van der Waals surface area contributed by atoms with Gasteiger partial charge in [0.15, 0.2) is 6.61 Å². The van der Waals surface area contributed by atoms with E-state index in [1.54, 1.807) is 24.3 Å². The van der Waals surface area contributed by atoms with Gasteiger partial charge in [0.1, 0.15) is 7.11 Å². The fourth-order valence-electron chi connectivity index (χ4n) is 1.29. The summed E-state index contributed by atoms with van der Waals surface area (Å²) in [4.78, 5) is 16.2. The maximum Gasteiger partial charge on any atom is 0.312 e. The van der Waals surface area contributed by atoms with E-state index in [1.165, 1.54) is 7.11 Å². The van der Waals surface area contributed by atoms with Crippen molar-refractivity contribution in [2.75, 3.05) is 13.7 Å². The number of carbonyl (C=O) groups is 1. The van der Waals surface area contributed by atoms with Crippen molar-refractivity contribution in [2.24, 2.45) is 5.16 Å². The molecule has 0 aliphatic rings. The lowest BCUT2D eigenvalue weighted by Crippen LogP contribution is -2.13. The Labute approximate surface area is 111 Å². The van der Waals surface area contributed by atoms with Gasteiger partial charge in [0.2, 0.25) is 0 Å². The minimum absolute atomic E-state index is 0.0563. The smallest absolute Gasteiger partial charge is 0.312 e. The molecule has 0 spiro atoms. The quantitative estimate of drug-likeness (QED) is 0.355. The monoisotopic (exact) mass is 265 g/mol. The molecule has 1 aromatic carbocycles. The van der Waals surface area contributed by atoms with Gasteiger partial charge in [-0.05, 0) is 6.07 Å². The third-order valence-electron chi connectivity index (χ3n) is 2.01. The molecule has 0 heterocycles. The van der Waals surface area contributed by atoms with Crippen molar-refractivity contribution >= 4 is 23.3 Å². The molecule has 0 atom stereocenters. The van der Waals surface area contributed by atoms with E-state index in [2.05, 4.69) is 11.1 Å². The van der Waals surface area contributed by atoms with Crippen LogP contribution in [0.25, 0.3) is 0 Å². The summed E-state index contributed by atoms with van der Waals surface area (Å²) in [6.07, 6.45) is 4.94. The Balaban J connectivity index is 2.86. The standard InChI is InChI=1S/C13H12ClNO3/c1-3-8-18-13(16)9-12(15-17-2)10-6-4-5-7-11(10)14/h1,4-7H,8-9H2,2H3. The Hall–Kier alpha value is -1.99. The lowest BCUT2D eigenvalue weighted by atomic mass is 10.1. The van der Waals surface area contributed by atoms with Crippen LogP contribution in [0.15, 0.2) is 29.4 Å². The SMILES string of the molecule is C#CCOC(=O)CC(=NOC)c1ccccc1Cl. The molecule has 1 rings (SSSR count). The first kappa shape index (κ1) is 14.1. The minimum atomic E-state index is -0.483. The van der Waals surface area contributed by atoms with E-state index in [1.807, 2.05) is 0 Å². The van der Waals surface area contributed by atoms with E-state index in [0.717, 1.165) is 0 Å². The molecule has 0 aliphatic carbocycles. The summed E-state index contributed by atoms with van der Waals surface area (Å²) in [6, 6.07) is 7.02. The van der Waals surface area contributed by atoms with Gasteiger partial charge in [0, 0.05) is 10.6 Å². The van der Waals surface area contributed by atoms with Crippen LogP contribution < -0.4 is 0 Å². The normalized spacial score (nSPS) is 10.6. The fraction of sp³-hybridized carbons (Fsp3) is 0.231. The first-order chi connectivity index (χ1) is 8.69. The molecule has 1 aromatic rings. The molecule has 0 bridgehead atoms. The van der Waals surface area contributed by atoms with Crippen molar-refractivity contribution in [3.63, 3.8) is 0 Å². The van der Waals surface area contributed by atoms with Crippen molar-refractivity contribution in [3.8, 4) is 12.3 Å². The van der Waals surface area contributed by atoms with Gasteiger partial charge in [-0.2, -0.15) is 0 Å². The lowest BCUT2D eigenvalue weighted by molar-refractivity contribution is -0.140. The molecule has 0 fully saturated rings. The van der Waals surface area contributed by atoms with Crippen LogP contribution in [0.3, 0.4) is 0 Å². The maximum absolute atomic E-state index is 11.5. The molecule has 0 saturated carbocycles. The third-order valence-corrected chi connectivity index (χ3v) is 2.34. The van der Waals surface area contributed by atoms with Crippen LogP contribution in [0.1, 0.15) is 12.0 Å². The van der Waals surface area contributed by atoms with Gasteiger partial charge < -0.3 is 9.57 Å². The molecule has 0 radical (unpaired) electrons. The summed E-state index contributed by atoms with van der Waals surface area (Å²) in [7, 11) is 1.39. The molecular formula is C13H12ClNO3. The zero-order chi connectivity index (χ0) is 13.4. The molecule has 0 aromatic heterocycles. The molecule has 5 heteroatoms. The average Bonchev–Trinajstić information content (AvgIpc) is 2.36. The number of carbonyl (C=O) groups excluding carboxylic acids is 1.